The van der Waals surface area contributed by atoms with Crippen LogP contribution in [0.5, 0.6) is 0 Å². The van der Waals surface area contributed by atoms with Crippen LogP contribution in [0.3, 0.4) is 0 Å². The van der Waals surface area contributed by atoms with Gasteiger partial charge in [-0.05, 0) is 42.4 Å². The summed E-state index contributed by atoms with van der Waals surface area (Å²) >= 11 is 0. The van der Waals surface area contributed by atoms with Gasteiger partial charge in [-0.15, -0.1) is 0 Å². The fourth-order valence-electron chi connectivity index (χ4n) is 2.92. The lowest BCUT2D eigenvalue weighted by Gasteiger charge is -2.24. The number of aryl methyl sites for hydroxylation is 2. The highest BCUT2D eigenvalue weighted by Gasteiger charge is 2.35. The van der Waals surface area contributed by atoms with Gasteiger partial charge in [-0.3, -0.25) is 0 Å². The Hall–Kier alpha value is -1.60. The van der Waals surface area contributed by atoms with Crippen LogP contribution >= 0.6 is 0 Å². The number of hydrogen-bond acceptors (Lipinski definition) is 1. The van der Waals surface area contributed by atoms with Crippen molar-refractivity contribution in [1.29, 1.82) is 0 Å². The standard InChI is InChI=1S/C17H18O/c18-17(12-10-14-6-2-1-3-7-14)13-11-15-8-4-5-9-16(15)17/h1-9,18H,10-13H2/t17-/m0/s1. The van der Waals surface area contributed by atoms with E-state index in [2.05, 4.69) is 42.5 Å². The Bertz CT molecular complexity index is 532. The Balaban J connectivity index is 1.77. The van der Waals surface area contributed by atoms with Crippen molar-refractivity contribution in [3.63, 3.8) is 0 Å². The third-order valence-electron chi connectivity index (χ3n) is 4.00. The molecule has 2 aromatic rings. The lowest BCUT2D eigenvalue weighted by Crippen LogP contribution is -2.23. The highest BCUT2D eigenvalue weighted by Crippen LogP contribution is 2.39. The second-order valence-electron chi connectivity index (χ2n) is 5.17. The molecule has 0 aromatic heterocycles. The van der Waals surface area contributed by atoms with E-state index in [1.54, 1.807) is 0 Å². The molecule has 92 valence electrons. The van der Waals surface area contributed by atoms with E-state index in [9.17, 15) is 5.11 Å². The number of benzene rings is 2. The molecule has 3 rings (SSSR count). The van der Waals surface area contributed by atoms with Crippen LogP contribution < -0.4 is 0 Å². The fourth-order valence-corrected chi connectivity index (χ4v) is 2.92. The van der Waals surface area contributed by atoms with Gasteiger partial charge in [-0.2, -0.15) is 0 Å². The number of aliphatic hydroxyl groups is 1. The van der Waals surface area contributed by atoms with Crippen LogP contribution in [0.4, 0.5) is 0 Å². The van der Waals surface area contributed by atoms with Gasteiger partial charge in [-0.25, -0.2) is 0 Å². The van der Waals surface area contributed by atoms with Crippen LogP contribution in [-0.4, -0.2) is 5.11 Å². The lowest BCUT2D eigenvalue weighted by molar-refractivity contribution is 0.0297. The average Bonchev–Trinajstić information content (AvgIpc) is 2.77. The van der Waals surface area contributed by atoms with Crippen molar-refractivity contribution in [1.82, 2.24) is 0 Å². The summed E-state index contributed by atoms with van der Waals surface area (Å²) in [5.41, 5.74) is 3.14. The number of fused-ring (bicyclic) bond motifs is 1. The Labute approximate surface area is 108 Å². The summed E-state index contributed by atoms with van der Waals surface area (Å²) in [6.07, 6.45) is 3.61. The SMILES string of the molecule is O[C@@]1(CCc2ccccc2)CCc2ccccc21. The highest BCUT2D eigenvalue weighted by atomic mass is 16.3. The quantitative estimate of drug-likeness (QED) is 0.868. The molecule has 0 fully saturated rings. The van der Waals surface area contributed by atoms with Crippen molar-refractivity contribution in [3.05, 3.63) is 71.3 Å². The van der Waals surface area contributed by atoms with Gasteiger partial charge in [0.2, 0.25) is 0 Å². The zero-order valence-electron chi connectivity index (χ0n) is 10.5. The average molecular weight is 238 g/mol. The second-order valence-corrected chi connectivity index (χ2v) is 5.17. The predicted octanol–water partition coefficient (Wildman–Crippen LogP) is 3.45. The van der Waals surface area contributed by atoms with Crippen molar-refractivity contribution in [2.75, 3.05) is 0 Å². The highest BCUT2D eigenvalue weighted by molar-refractivity contribution is 5.37. The van der Waals surface area contributed by atoms with Crippen LogP contribution in [0, 0.1) is 0 Å². The summed E-state index contributed by atoms with van der Waals surface area (Å²) in [6, 6.07) is 18.7. The maximum absolute atomic E-state index is 10.8. The van der Waals surface area contributed by atoms with E-state index < -0.39 is 5.60 Å². The van der Waals surface area contributed by atoms with Crippen LogP contribution in [-0.2, 0) is 18.4 Å². The molecule has 1 N–H and O–H groups in total. The molecule has 0 unspecified atom stereocenters. The molecule has 1 aliphatic carbocycles. The van der Waals surface area contributed by atoms with Gasteiger partial charge in [-0.1, -0.05) is 54.6 Å². The van der Waals surface area contributed by atoms with Crippen LogP contribution in [0.15, 0.2) is 54.6 Å². The molecule has 0 aliphatic heterocycles. The predicted molar refractivity (Wildman–Crippen MR) is 73.4 cm³/mol. The summed E-state index contributed by atoms with van der Waals surface area (Å²) in [5, 5.41) is 10.8. The van der Waals surface area contributed by atoms with Crippen LogP contribution in [0.25, 0.3) is 0 Å². The molecule has 2 aromatic carbocycles. The van der Waals surface area contributed by atoms with E-state index in [-0.39, 0.29) is 0 Å². The van der Waals surface area contributed by atoms with E-state index >= 15 is 0 Å². The van der Waals surface area contributed by atoms with E-state index in [4.69, 9.17) is 0 Å². The van der Waals surface area contributed by atoms with Gasteiger partial charge < -0.3 is 5.11 Å². The molecule has 0 heterocycles. The number of rotatable bonds is 3. The first-order chi connectivity index (χ1) is 8.78. The Morgan fingerprint density at radius 2 is 1.67 bits per heavy atom. The minimum atomic E-state index is -0.619. The molecular weight excluding hydrogens is 220 g/mol. The van der Waals surface area contributed by atoms with Crippen LogP contribution in [0.2, 0.25) is 0 Å². The Morgan fingerprint density at radius 1 is 0.944 bits per heavy atom. The van der Waals surface area contributed by atoms with Crippen molar-refractivity contribution in [3.8, 4) is 0 Å². The summed E-state index contributed by atoms with van der Waals surface area (Å²) in [4.78, 5) is 0. The van der Waals surface area contributed by atoms with Gasteiger partial charge in [0, 0.05) is 0 Å². The molecule has 1 heteroatoms. The monoisotopic (exact) mass is 238 g/mol. The smallest absolute Gasteiger partial charge is 0.0905 e. The lowest BCUT2D eigenvalue weighted by atomic mass is 9.89. The largest absolute Gasteiger partial charge is 0.385 e. The summed E-state index contributed by atoms with van der Waals surface area (Å²) in [6.45, 7) is 0. The molecule has 0 radical (unpaired) electrons. The van der Waals surface area contributed by atoms with E-state index in [0.29, 0.717) is 0 Å². The van der Waals surface area contributed by atoms with Crippen LogP contribution in [0.1, 0.15) is 29.5 Å². The van der Waals surface area contributed by atoms with Gasteiger partial charge in [0.1, 0.15) is 0 Å². The molecule has 0 bridgehead atoms. The Morgan fingerprint density at radius 3 is 2.50 bits per heavy atom. The van der Waals surface area contributed by atoms with Gasteiger partial charge >= 0.3 is 0 Å². The first-order valence-corrected chi connectivity index (χ1v) is 6.63. The first kappa shape index (κ1) is 11.5. The molecule has 18 heavy (non-hydrogen) atoms. The minimum absolute atomic E-state index is 0.619. The third kappa shape index (κ3) is 2.06. The third-order valence-corrected chi connectivity index (χ3v) is 4.00. The van der Waals surface area contributed by atoms with Crippen molar-refractivity contribution >= 4 is 0 Å². The van der Waals surface area contributed by atoms with E-state index in [1.807, 2.05) is 12.1 Å². The van der Waals surface area contributed by atoms with Gasteiger partial charge in [0.05, 0.1) is 5.60 Å². The molecule has 0 saturated carbocycles. The zero-order valence-corrected chi connectivity index (χ0v) is 10.5. The Kier molecular flexibility index (Phi) is 2.92. The molecular formula is C17H18O. The molecule has 0 amide bonds. The molecule has 0 saturated heterocycles. The second kappa shape index (κ2) is 4.58. The molecule has 1 atom stereocenters. The van der Waals surface area contributed by atoms with E-state index in [0.717, 1.165) is 31.2 Å². The maximum atomic E-state index is 10.8. The van der Waals surface area contributed by atoms with Gasteiger partial charge in [0.25, 0.3) is 0 Å². The van der Waals surface area contributed by atoms with Crippen molar-refractivity contribution in [2.24, 2.45) is 0 Å². The summed E-state index contributed by atoms with van der Waals surface area (Å²) in [5.74, 6) is 0. The summed E-state index contributed by atoms with van der Waals surface area (Å²) < 4.78 is 0. The van der Waals surface area contributed by atoms with Crippen molar-refractivity contribution in [2.45, 2.75) is 31.3 Å². The van der Waals surface area contributed by atoms with Gasteiger partial charge in [0.15, 0.2) is 0 Å². The minimum Gasteiger partial charge on any atom is -0.385 e. The normalized spacial score (nSPS) is 21.8. The first-order valence-electron chi connectivity index (χ1n) is 6.63. The summed E-state index contributed by atoms with van der Waals surface area (Å²) in [7, 11) is 0. The zero-order chi connectivity index (χ0) is 12.4. The maximum Gasteiger partial charge on any atom is 0.0905 e. The van der Waals surface area contributed by atoms with E-state index in [1.165, 1.54) is 11.1 Å². The molecule has 0 spiro atoms. The molecule has 1 nitrogen and oxygen atoms in total. The fraction of sp³-hybridized carbons (Fsp3) is 0.294. The van der Waals surface area contributed by atoms with Crippen molar-refractivity contribution < 1.29 is 5.11 Å². The number of hydrogen-bond donors (Lipinski definition) is 1. The molecule has 1 aliphatic rings. The topological polar surface area (TPSA) is 20.2 Å².